The third-order valence-corrected chi connectivity index (χ3v) is 4.90. The molecule has 0 unspecified atom stereocenters. The lowest BCUT2D eigenvalue weighted by molar-refractivity contribution is 0.316. The van der Waals surface area contributed by atoms with E-state index in [1.165, 1.54) is 18.2 Å². The van der Waals surface area contributed by atoms with E-state index in [1.54, 1.807) is 0 Å². The maximum Gasteiger partial charge on any atom is 0.240 e. The van der Waals surface area contributed by atoms with E-state index in [-0.39, 0.29) is 17.3 Å². The fourth-order valence-electron chi connectivity index (χ4n) is 1.25. The summed E-state index contributed by atoms with van der Waals surface area (Å²) in [5, 5.41) is 11.6. The molecule has 1 rings (SSSR count). The number of rotatable bonds is 6. The Labute approximate surface area is 124 Å². The van der Waals surface area contributed by atoms with Crippen LogP contribution in [0.3, 0.4) is 0 Å². The zero-order valence-electron chi connectivity index (χ0n) is 9.81. The number of sulfonamides is 1. The minimum atomic E-state index is -3.59. The number of hydrogen-bond acceptors (Lipinski definition) is 4. The Hall–Kier alpha value is -0.830. The van der Waals surface area contributed by atoms with Crippen molar-refractivity contribution in [1.82, 2.24) is 4.72 Å². The molecular formula is C10H13BrClN3O3S. The predicted molar refractivity (Wildman–Crippen MR) is 77.0 cm³/mol. The monoisotopic (exact) mass is 369 g/mol. The molecule has 0 spiro atoms. The van der Waals surface area contributed by atoms with E-state index in [2.05, 4.69) is 25.8 Å². The van der Waals surface area contributed by atoms with E-state index in [4.69, 9.17) is 22.5 Å². The standard InChI is InChI=1S/C10H13BrClN3O3S/c11-8-6-7(3-4-9(8)12)19(17,18)14-5-1-2-10(13)15-16/h3-4,6,14,16H,1-2,5H2,(H2,13,15). The topological polar surface area (TPSA) is 105 Å². The van der Waals surface area contributed by atoms with Gasteiger partial charge in [-0.15, -0.1) is 0 Å². The first-order valence-electron chi connectivity index (χ1n) is 5.28. The summed E-state index contributed by atoms with van der Waals surface area (Å²) < 4.78 is 26.8. The third-order valence-electron chi connectivity index (χ3n) is 2.23. The molecule has 0 heterocycles. The number of hydrogen-bond donors (Lipinski definition) is 3. The molecule has 1 aromatic rings. The summed E-state index contributed by atoms with van der Waals surface area (Å²) >= 11 is 8.96. The number of halogens is 2. The fourth-order valence-corrected chi connectivity index (χ4v) is 3.00. The number of nitrogens with one attached hydrogen (secondary N) is 1. The Morgan fingerprint density at radius 3 is 2.79 bits per heavy atom. The molecule has 0 aliphatic carbocycles. The summed E-state index contributed by atoms with van der Waals surface area (Å²) in [6, 6.07) is 4.34. The maximum atomic E-state index is 11.9. The van der Waals surface area contributed by atoms with Crippen LogP contribution in [0.25, 0.3) is 0 Å². The van der Waals surface area contributed by atoms with Gasteiger partial charge >= 0.3 is 0 Å². The molecule has 106 valence electrons. The van der Waals surface area contributed by atoms with Crippen molar-refractivity contribution in [2.75, 3.05) is 6.54 Å². The second-order valence-corrected chi connectivity index (χ2v) is 6.70. The molecule has 0 radical (unpaired) electrons. The van der Waals surface area contributed by atoms with Gasteiger partial charge in [-0.2, -0.15) is 0 Å². The Morgan fingerprint density at radius 2 is 2.21 bits per heavy atom. The molecule has 0 amide bonds. The molecule has 0 bridgehead atoms. The van der Waals surface area contributed by atoms with Crippen LogP contribution < -0.4 is 10.5 Å². The van der Waals surface area contributed by atoms with E-state index in [1.807, 2.05) is 0 Å². The molecule has 0 aliphatic rings. The minimum absolute atomic E-state index is 0.0634. The van der Waals surface area contributed by atoms with Crippen LogP contribution in [-0.4, -0.2) is 26.0 Å². The second-order valence-electron chi connectivity index (χ2n) is 3.67. The highest BCUT2D eigenvalue weighted by molar-refractivity contribution is 9.10. The van der Waals surface area contributed by atoms with Crippen molar-refractivity contribution in [1.29, 1.82) is 0 Å². The van der Waals surface area contributed by atoms with Crippen LogP contribution in [-0.2, 0) is 10.0 Å². The van der Waals surface area contributed by atoms with Gasteiger partial charge in [-0.25, -0.2) is 13.1 Å². The van der Waals surface area contributed by atoms with Gasteiger partial charge < -0.3 is 10.9 Å². The lowest BCUT2D eigenvalue weighted by Crippen LogP contribution is -2.26. The van der Waals surface area contributed by atoms with Gasteiger partial charge in [-0.1, -0.05) is 16.8 Å². The summed E-state index contributed by atoms with van der Waals surface area (Å²) in [7, 11) is -3.59. The Morgan fingerprint density at radius 1 is 1.53 bits per heavy atom. The van der Waals surface area contributed by atoms with Gasteiger partial charge in [0.25, 0.3) is 0 Å². The van der Waals surface area contributed by atoms with Crippen LogP contribution in [0.2, 0.25) is 5.02 Å². The number of amidine groups is 1. The van der Waals surface area contributed by atoms with Gasteiger partial charge in [0.2, 0.25) is 10.0 Å². The third kappa shape index (κ3) is 4.98. The van der Waals surface area contributed by atoms with Gasteiger partial charge in [-0.05, 0) is 40.5 Å². The molecule has 0 aromatic heterocycles. The lowest BCUT2D eigenvalue weighted by atomic mass is 10.3. The molecular weight excluding hydrogens is 358 g/mol. The van der Waals surface area contributed by atoms with E-state index in [0.717, 1.165) is 0 Å². The maximum absolute atomic E-state index is 11.9. The summed E-state index contributed by atoms with van der Waals surface area (Å²) in [6.45, 7) is 0.193. The van der Waals surface area contributed by atoms with Crippen molar-refractivity contribution in [2.24, 2.45) is 10.9 Å². The fraction of sp³-hybridized carbons (Fsp3) is 0.300. The molecule has 19 heavy (non-hydrogen) atoms. The van der Waals surface area contributed by atoms with Gasteiger partial charge in [0.05, 0.1) is 9.92 Å². The largest absolute Gasteiger partial charge is 0.409 e. The predicted octanol–water partition coefficient (Wildman–Crippen LogP) is 1.91. The zero-order valence-corrected chi connectivity index (χ0v) is 13.0. The summed E-state index contributed by atoms with van der Waals surface area (Å²) in [4.78, 5) is 0.118. The van der Waals surface area contributed by atoms with Crippen molar-refractivity contribution < 1.29 is 13.6 Å². The summed E-state index contributed by atoms with van der Waals surface area (Å²) in [5.41, 5.74) is 5.27. The Bertz CT molecular complexity index is 577. The van der Waals surface area contributed by atoms with Gasteiger partial charge in [0, 0.05) is 17.4 Å². The number of nitrogens with zero attached hydrogens (tertiary/aromatic N) is 1. The normalized spacial score (nSPS) is 12.6. The van der Waals surface area contributed by atoms with E-state index < -0.39 is 10.0 Å². The molecule has 0 atom stereocenters. The average molecular weight is 371 g/mol. The van der Waals surface area contributed by atoms with Crippen molar-refractivity contribution in [3.8, 4) is 0 Å². The molecule has 9 heteroatoms. The summed E-state index contributed by atoms with van der Waals surface area (Å²) in [5.74, 6) is 0.0634. The van der Waals surface area contributed by atoms with E-state index in [9.17, 15) is 8.42 Å². The smallest absolute Gasteiger partial charge is 0.240 e. The van der Waals surface area contributed by atoms with Crippen LogP contribution in [0, 0.1) is 0 Å². The number of benzene rings is 1. The highest BCUT2D eigenvalue weighted by atomic mass is 79.9. The molecule has 1 aromatic carbocycles. The zero-order chi connectivity index (χ0) is 14.5. The second kappa shape index (κ2) is 7.09. The minimum Gasteiger partial charge on any atom is -0.409 e. The van der Waals surface area contributed by atoms with Crippen LogP contribution >= 0.6 is 27.5 Å². The molecule has 0 aliphatic heterocycles. The Balaban J connectivity index is 2.63. The summed E-state index contributed by atoms with van der Waals surface area (Å²) in [6.07, 6.45) is 0.743. The van der Waals surface area contributed by atoms with Crippen molar-refractivity contribution in [2.45, 2.75) is 17.7 Å². The van der Waals surface area contributed by atoms with Crippen molar-refractivity contribution >= 4 is 43.4 Å². The number of oxime groups is 1. The molecule has 4 N–H and O–H groups in total. The van der Waals surface area contributed by atoms with E-state index >= 15 is 0 Å². The molecule has 0 fully saturated rings. The van der Waals surface area contributed by atoms with Crippen LogP contribution in [0.15, 0.2) is 32.7 Å². The first-order chi connectivity index (χ1) is 8.86. The number of nitrogens with two attached hydrogens (primary N) is 1. The quantitative estimate of drug-likeness (QED) is 0.234. The van der Waals surface area contributed by atoms with Gasteiger partial charge in [0.1, 0.15) is 5.84 Å². The SMILES string of the molecule is N/C(CCCNS(=O)(=O)c1ccc(Cl)c(Br)c1)=N/O. The first-order valence-corrected chi connectivity index (χ1v) is 7.93. The van der Waals surface area contributed by atoms with Crippen LogP contribution in [0.5, 0.6) is 0 Å². The lowest BCUT2D eigenvalue weighted by Gasteiger charge is -2.07. The average Bonchev–Trinajstić information content (AvgIpc) is 2.37. The van der Waals surface area contributed by atoms with Gasteiger partial charge in [0.15, 0.2) is 0 Å². The highest BCUT2D eigenvalue weighted by Gasteiger charge is 2.14. The Kier molecular flexibility index (Phi) is 6.05. The molecule has 0 saturated carbocycles. The highest BCUT2D eigenvalue weighted by Crippen LogP contribution is 2.25. The molecule has 0 saturated heterocycles. The van der Waals surface area contributed by atoms with Crippen LogP contribution in [0.4, 0.5) is 0 Å². The van der Waals surface area contributed by atoms with Gasteiger partial charge in [-0.3, -0.25) is 0 Å². The van der Waals surface area contributed by atoms with Crippen molar-refractivity contribution in [3.05, 3.63) is 27.7 Å². The van der Waals surface area contributed by atoms with E-state index in [0.29, 0.717) is 22.3 Å². The molecule has 6 nitrogen and oxygen atoms in total. The van der Waals surface area contributed by atoms with Crippen molar-refractivity contribution in [3.63, 3.8) is 0 Å². The first kappa shape index (κ1) is 16.2. The van der Waals surface area contributed by atoms with Crippen LogP contribution in [0.1, 0.15) is 12.8 Å².